The molecule has 1 amide bonds. The molecule has 0 bridgehead atoms. The lowest BCUT2D eigenvalue weighted by molar-refractivity contribution is 0.100. The van der Waals surface area contributed by atoms with Crippen LogP contribution in [-0.2, 0) is 5.41 Å². The lowest BCUT2D eigenvalue weighted by Crippen LogP contribution is -2.12. The summed E-state index contributed by atoms with van der Waals surface area (Å²) in [6.07, 6.45) is 0. The van der Waals surface area contributed by atoms with E-state index in [2.05, 4.69) is 31.1 Å². The molecule has 0 spiro atoms. The maximum atomic E-state index is 11.2. The van der Waals surface area contributed by atoms with Crippen LogP contribution in [0.1, 0.15) is 36.8 Å². The third kappa shape index (κ3) is 3.08. The molecular weight excluding hydrogens is 272 g/mol. The maximum absolute atomic E-state index is 11.2. The van der Waals surface area contributed by atoms with Gasteiger partial charge in [0.1, 0.15) is 0 Å². The molecule has 2 aromatic rings. The smallest absolute Gasteiger partial charge is 0.248 e. The van der Waals surface area contributed by atoms with E-state index in [0.29, 0.717) is 16.9 Å². The highest BCUT2D eigenvalue weighted by Gasteiger charge is 2.17. The summed E-state index contributed by atoms with van der Waals surface area (Å²) in [5.74, 6) is -0.484. The van der Waals surface area contributed by atoms with E-state index in [1.807, 2.05) is 5.38 Å². The van der Waals surface area contributed by atoms with Crippen LogP contribution < -0.4 is 16.8 Å². The van der Waals surface area contributed by atoms with E-state index in [9.17, 15) is 4.79 Å². The third-order valence-electron chi connectivity index (χ3n) is 2.85. The summed E-state index contributed by atoms with van der Waals surface area (Å²) in [4.78, 5) is 15.7. The van der Waals surface area contributed by atoms with Crippen molar-refractivity contribution in [3.8, 4) is 0 Å². The van der Waals surface area contributed by atoms with E-state index in [1.165, 1.54) is 11.3 Å². The van der Waals surface area contributed by atoms with Crippen molar-refractivity contribution in [2.24, 2.45) is 5.73 Å². The zero-order valence-corrected chi connectivity index (χ0v) is 12.5. The van der Waals surface area contributed by atoms with Gasteiger partial charge in [-0.15, -0.1) is 11.3 Å². The van der Waals surface area contributed by atoms with Crippen LogP contribution in [0.4, 0.5) is 16.5 Å². The zero-order valence-electron chi connectivity index (χ0n) is 11.7. The molecule has 5 nitrogen and oxygen atoms in total. The number of rotatable bonds is 3. The van der Waals surface area contributed by atoms with Crippen LogP contribution in [0.5, 0.6) is 0 Å². The van der Waals surface area contributed by atoms with E-state index < -0.39 is 5.91 Å². The Hall–Kier alpha value is -2.08. The normalized spacial score (nSPS) is 11.3. The van der Waals surface area contributed by atoms with Gasteiger partial charge in [-0.25, -0.2) is 4.98 Å². The molecule has 20 heavy (non-hydrogen) atoms. The average Bonchev–Trinajstić information content (AvgIpc) is 2.80. The molecule has 0 atom stereocenters. The fourth-order valence-electron chi connectivity index (χ4n) is 1.61. The summed E-state index contributed by atoms with van der Waals surface area (Å²) in [6.45, 7) is 6.32. The van der Waals surface area contributed by atoms with Crippen molar-refractivity contribution in [3.63, 3.8) is 0 Å². The van der Waals surface area contributed by atoms with Gasteiger partial charge in [0.2, 0.25) is 5.91 Å². The first-order valence-corrected chi connectivity index (χ1v) is 7.07. The minimum Gasteiger partial charge on any atom is -0.397 e. The minimum absolute atomic E-state index is 0.00293. The molecule has 0 aliphatic carbocycles. The largest absolute Gasteiger partial charge is 0.397 e. The average molecular weight is 290 g/mol. The Labute approximate surface area is 122 Å². The van der Waals surface area contributed by atoms with E-state index in [4.69, 9.17) is 11.5 Å². The summed E-state index contributed by atoms with van der Waals surface area (Å²) in [7, 11) is 0. The van der Waals surface area contributed by atoms with Gasteiger partial charge in [0, 0.05) is 16.4 Å². The van der Waals surface area contributed by atoms with Crippen LogP contribution >= 0.6 is 11.3 Å². The summed E-state index contributed by atoms with van der Waals surface area (Å²) in [5, 5.41) is 5.88. The van der Waals surface area contributed by atoms with Gasteiger partial charge in [0.25, 0.3) is 0 Å². The van der Waals surface area contributed by atoms with Gasteiger partial charge < -0.3 is 16.8 Å². The van der Waals surface area contributed by atoms with Gasteiger partial charge in [-0.05, 0) is 18.2 Å². The second-order valence-corrected chi connectivity index (χ2v) is 6.44. The van der Waals surface area contributed by atoms with Crippen LogP contribution in [0.25, 0.3) is 0 Å². The Morgan fingerprint density at radius 3 is 2.60 bits per heavy atom. The highest BCUT2D eigenvalue weighted by atomic mass is 32.1. The standard InChI is InChI=1S/C14H18N4OS/c1-14(2,3)11-7-20-13(18-11)17-10-6-8(12(16)19)4-5-9(10)15/h4-7H,15H2,1-3H3,(H2,16,19)(H,17,18). The third-order valence-corrected chi connectivity index (χ3v) is 3.61. The van der Waals surface area contributed by atoms with Crippen molar-refractivity contribution in [1.29, 1.82) is 0 Å². The Kier molecular flexibility index (Phi) is 3.67. The first-order valence-electron chi connectivity index (χ1n) is 6.20. The lowest BCUT2D eigenvalue weighted by Gasteiger charge is -2.14. The van der Waals surface area contributed by atoms with Gasteiger partial charge >= 0.3 is 0 Å². The quantitative estimate of drug-likeness (QED) is 0.758. The van der Waals surface area contributed by atoms with Gasteiger partial charge in [0.15, 0.2) is 5.13 Å². The number of hydrogen-bond donors (Lipinski definition) is 3. The SMILES string of the molecule is CC(C)(C)c1csc(Nc2cc(C(N)=O)ccc2N)n1. The molecule has 2 rings (SSSR count). The minimum atomic E-state index is -0.484. The number of nitrogens with zero attached hydrogens (tertiary/aromatic N) is 1. The van der Waals surface area contributed by atoms with Crippen LogP contribution in [-0.4, -0.2) is 10.9 Å². The second-order valence-electron chi connectivity index (χ2n) is 5.58. The molecule has 5 N–H and O–H groups in total. The van der Waals surface area contributed by atoms with Gasteiger partial charge in [0.05, 0.1) is 17.1 Å². The lowest BCUT2D eigenvalue weighted by atomic mass is 9.93. The summed E-state index contributed by atoms with van der Waals surface area (Å²) >= 11 is 1.50. The number of amides is 1. The van der Waals surface area contributed by atoms with Crippen LogP contribution in [0.15, 0.2) is 23.6 Å². The van der Waals surface area contributed by atoms with Crippen molar-refractivity contribution in [2.75, 3.05) is 11.1 Å². The van der Waals surface area contributed by atoms with E-state index in [1.54, 1.807) is 18.2 Å². The Bertz CT molecular complexity index is 643. The second kappa shape index (κ2) is 5.13. The molecule has 0 fully saturated rings. The number of anilines is 3. The van der Waals surface area contributed by atoms with Crippen LogP contribution in [0.3, 0.4) is 0 Å². The molecular formula is C14H18N4OS. The number of aromatic nitrogens is 1. The van der Waals surface area contributed by atoms with E-state index >= 15 is 0 Å². The molecule has 0 aliphatic heterocycles. The Balaban J connectivity index is 2.28. The molecule has 0 aliphatic rings. The number of nitrogens with two attached hydrogens (primary N) is 2. The number of thiazole rings is 1. The molecule has 6 heteroatoms. The monoisotopic (exact) mass is 290 g/mol. The molecule has 0 unspecified atom stereocenters. The Morgan fingerprint density at radius 2 is 2.05 bits per heavy atom. The predicted molar refractivity (Wildman–Crippen MR) is 83.5 cm³/mol. The van der Waals surface area contributed by atoms with Gasteiger partial charge in [-0.2, -0.15) is 0 Å². The number of primary amides is 1. The molecule has 1 aromatic heterocycles. The molecule has 0 saturated carbocycles. The maximum Gasteiger partial charge on any atom is 0.248 e. The Morgan fingerprint density at radius 1 is 1.35 bits per heavy atom. The summed E-state index contributed by atoms with van der Waals surface area (Å²) < 4.78 is 0. The van der Waals surface area contributed by atoms with E-state index in [-0.39, 0.29) is 5.41 Å². The number of nitrogen functional groups attached to an aromatic ring is 1. The molecule has 0 saturated heterocycles. The first kappa shape index (κ1) is 14.3. The van der Waals surface area contributed by atoms with E-state index in [0.717, 1.165) is 10.8 Å². The highest BCUT2D eigenvalue weighted by molar-refractivity contribution is 7.13. The van der Waals surface area contributed by atoms with Crippen LogP contribution in [0.2, 0.25) is 0 Å². The van der Waals surface area contributed by atoms with Crippen molar-refractivity contribution in [3.05, 3.63) is 34.8 Å². The molecule has 1 aromatic carbocycles. The first-order chi connectivity index (χ1) is 9.27. The van der Waals surface area contributed by atoms with Crippen molar-refractivity contribution in [1.82, 2.24) is 4.98 Å². The number of carbonyl (C=O) groups excluding carboxylic acids is 1. The number of carbonyl (C=O) groups is 1. The van der Waals surface area contributed by atoms with Crippen molar-refractivity contribution in [2.45, 2.75) is 26.2 Å². The number of nitrogens with one attached hydrogen (secondary N) is 1. The summed E-state index contributed by atoms with van der Waals surface area (Å²) in [5.41, 5.74) is 13.8. The van der Waals surface area contributed by atoms with Gasteiger partial charge in [-0.3, -0.25) is 4.79 Å². The highest BCUT2D eigenvalue weighted by Crippen LogP contribution is 2.30. The fraction of sp³-hybridized carbons (Fsp3) is 0.286. The van der Waals surface area contributed by atoms with Crippen LogP contribution in [0, 0.1) is 0 Å². The summed E-state index contributed by atoms with van der Waals surface area (Å²) in [6, 6.07) is 4.89. The molecule has 1 heterocycles. The zero-order chi connectivity index (χ0) is 14.9. The predicted octanol–water partition coefficient (Wildman–Crippen LogP) is 2.87. The van der Waals surface area contributed by atoms with Crippen molar-refractivity contribution < 1.29 is 4.79 Å². The number of benzene rings is 1. The fourth-order valence-corrected chi connectivity index (χ4v) is 2.56. The van der Waals surface area contributed by atoms with Gasteiger partial charge in [-0.1, -0.05) is 20.8 Å². The number of hydrogen-bond acceptors (Lipinski definition) is 5. The van der Waals surface area contributed by atoms with Crippen molar-refractivity contribution >= 4 is 33.8 Å². The molecule has 106 valence electrons. The topological polar surface area (TPSA) is 94.0 Å². The molecule has 0 radical (unpaired) electrons.